The predicted molar refractivity (Wildman–Crippen MR) is 86.8 cm³/mol. The van der Waals surface area contributed by atoms with E-state index in [1.54, 1.807) is 0 Å². The van der Waals surface area contributed by atoms with Crippen molar-refractivity contribution in [2.24, 2.45) is 5.41 Å². The van der Waals surface area contributed by atoms with E-state index in [0.29, 0.717) is 6.54 Å². The molecule has 0 radical (unpaired) electrons. The van der Waals surface area contributed by atoms with Gasteiger partial charge in [0.1, 0.15) is 5.60 Å². The molecule has 0 saturated carbocycles. The number of hydrogen-bond donors (Lipinski definition) is 2. The number of carbonyl (C=O) groups excluding carboxylic acids is 1. The highest BCUT2D eigenvalue weighted by Gasteiger charge is 2.38. The molecule has 1 aliphatic heterocycles. The van der Waals surface area contributed by atoms with Gasteiger partial charge in [-0.2, -0.15) is 0 Å². The molecule has 1 fully saturated rings. The zero-order valence-electron chi connectivity index (χ0n) is 15.0. The van der Waals surface area contributed by atoms with Crippen molar-refractivity contribution in [1.82, 2.24) is 5.32 Å². The zero-order chi connectivity index (χ0) is 17.0. The number of carbonyl (C=O) groups is 1. The molecule has 22 heavy (non-hydrogen) atoms. The van der Waals surface area contributed by atoms with Crippen LogP contribution in [0.2, 0.25) is 0 Å². The number of ether oxygens (including phenoxy) is 2. The molecule has 130 valence electrons. The van der Waals surface area contributed by atoms with Gasteiger partial charge in [0.15, 0.2) is 0 Å². The van der Waals surface area contributed by atoms with Crippen LogP contribution in [0.4, 0.5) is 4.79 Å². The molecule has 2 atom stereocenters. The Kier molecular flexibility index (Phi) is 6.27. The molecule has 0 aromatic carbocycles. The van der Waals surface area contributed by atoms with Gasteiger partial charge in [0.25, 0.3) is 0 Å². The van der Waals surface area contributed by atoms with Crippen molar-refractivity contribution in [2.45, 2.75) is 84.5 Å². The molecule has 0 aromatic heterocycles. The molecule has 1 saturated heterocycles. The quantitative estimate of drug-likeness (QED) is 0.789. The van der Waals surface area contributed by atoms with E-state index < -0.39 is 11.7 Å². The van der Waals surface area contributed by atoms with Gasteiger partial charge < -0.3 is 19.9 Å². The highest BCUT2D eigenvalue weighted by atomic mass is 16.6. The first-order valence-corrected chi connectivity index (χ1v) is 8.26. The summed E-state index contributed by atoms with van der Waals surface area (Å²) in [5.41, 5.74) is -0.961. The molecule has 1 rings (SSSR count). The van der Waals surface area contributed by atoms with E-state index in [1.165, 1.54) is 0 Å². The van der Waals surface area contributed by atoms with Gasteiger partial charge in [-0.1, -0.05) is 6.92 Å². The van der Waals surface area contributed by atoms with Crippen LogP contribution < -0.4 is 5.32 Å². The van der Waals surface area contributed by atoms with Gasteiger partial charge in [-0.05, 0) is 60.3 Å². The molecule has 0 aromatic rings. The van der Waals surface area contributed by atoms with Crippen molar-refractivity contribution in [3.8, 4) is 0 Å². The molecule has 1 aliphatic rings. The van der Waals surface area contributed by atoms with Gasteiger partial charge in [0.2, 0.25) is 0 Å². The lowest BCUT2D eigenvalue weighted by Gasteiger charge is -2.34. The summed E-state index contributed by atoms with van der Waals surface area (Å²) < 4.78 is 11.3. The van der Waals surface area contributed by atoms with E-state index in [-0.39, 0.29) is 23.7 Å². The SMILES string of the molecule is CCC(CO)(CNC(=O)OC(C)(C)C)CC1CCC(C)(C)O1. The molecule has 5 heteroatoms. The summed E-state index contributed by atoms with van der Waals surface area (Å²) in [4.78, 5) is 11.8. The molecular formula is C17H33NO4. The lowest BCUT2D eigenvalue weighted by molar-refractivity contribution is -0.0450. The summed E-state index contributed by atoms with van der Waals surface area (Å²) in [5.74, 6) is 0. The largest absolute Gasteiger partial charge is 0.444 e. The van der Waals surface area contributed by atoms with E-state index in [9.17, 15) is 9.90 Å². The van der Waals surface area contributed by atoms with Crippen LogP contribution in [0.3, 0.4) is 0 Å². The van der Waals surface area contributed by atoms with Crippen LogP contribution in [0.25, 0.3) is 0 Å². The lowest BCUT2D eigenvalue weighted by Crippen LogP contribution is -2.43. The predicted octanol–water partition coefficient (Wildman–Crippen LogP) is 3.25. The molecule has 0 bridgehead atoms. The fourth-order valence-corrected chi connectivity index (χ4v) is 2.85. The minimum Gasteiger partial charge on any atom is -0.444 e. The third kappa shape index (κ3) is 6.13. The first-order valence-electron chi connectivity index (χ1n) is 8.26. The van der Waals surface area contributed by atoms with Crippen molar-refractivity contribution >= 4 is 6.09 Å². The van der Waals surface area contributed by atoms with E-state index in [1.807, 2.05) is 27.7 Å². The Morgan fingerprint density at radius 1 is 1.41 bits per heavy atom. The monoisotopic (exact) mass is 315 g/mol. The molecule has 2 N–H and O–H groups in total. The number of alkyl carbamates (subject to hydrolysis) is 1. The molecule has 0 aliphatic carbocycles. The van der Waals surface area contributed by atoms with Gasteiger partial charge in [0.05, 0.1) is 18.3 Å². The maximum absolute atomic E-state index is 11.8. The Balaban J connectivity index is 2.58. The zero-order valence-corrected chi connectivity index (χ0v) is 15.0. The summed E-state index contributed by atoms with van der Waals surface area (Å²) in [6.07, 6.45) is 3.26. The summed E-state index contributed by atoms with van der Waals surface area (Å²) in [6.45, 7) is 12.2. The van der Waals surface area contributed by atoms with Crippen LogP contribution >= 0.6 is 0 Å². The van der Waals surface area contributed by atoms with Gasteiger partial charge in [-0.3, -0.25) is 0 Å². The number of nitrogens with one attached hydrogen (secondary N) is 1. The Labute approximate surface area is 134 Å². The number of aliphatic hydroxyl groups is 1. The standard InChI is InChI=1S/C17H33NO4/c1-7-17(12-19,10-13-8-9-16(5,6)21-13)11-18-14(20)22-15(2,3)4/h13,19H,7-12H2,1-6H3,(H,18,20). The fraction of sp³-hybridized carbons (Fsp3) is 0.941. The van der Waals surface area contributed by atoms with E-state index in [2.05, 4.69) is 19.2 Å². The van der Waals surface area contributed by atoms with Crippen molar-refractivity contribution in [3.05, 3.63) is 0 Å². The lowest BCUT2D eigenvalue weighted by atomic mass is 9.80. The van der Waals surface area contributed by atoms with Crippen molar-refractivity contribution in [1.29, 1.82) is 0 Å². The van der Waals surface area contributed by atoms with Crippen LogP contribution in [-0.4, -0.2) is 41.7 Å². The molecule has 2 unspecified atom stereocenters. The van der Waals surface area contributed by atoms with Crippen LogP contribution in [-0.2, 0) is 9.47 Å². The average molecular weight is 315 g/mol. The fourth-order valence-electron chi connectivity index (χ4n) is 2.85. The Hall–Kier alpha value is -0.810. The minimum absolute atomic E-state index is 0.0274. The summed E-state index contributed by atoms with van der Waals surface area (Å²) >= 11 is 0. The van der Waals surface area contributed by atoms with Crippen LogP contribution in [0, 0.1) is 5.41 Å². The number of aliphatic hydroxyl groups excluding tert-OH is 1. The van der Waals surface area contributed by atoms with Gasteiger partial charge in [-0.25, -0.2) is 4.79 Å². The molecule has 1 heterocycles. The normalized spacial score (nSPS) is 23.9. The minimum atomic E-state index is -0.517. The topological polar surface area (TPSA) is 67.8 Å². The Morgan fingerprint density at radius 3 is 2.45 bits per heavy atom. The molecular weight excluding hydrogens is 282 g/mol. The van der Waals surface area contributed by atoms with E-state index >= 15 is 0 Å². The number of hydrogen-bond acceptors (Lipinski definition) is 4. The molecule has 1 amide bonds. The smallest absolute Gasteiger partial charge is 0.407 e. The van der Waals surface area contributed by atoms with E-state index in [4.69, 9.17) is 9.47 Å². The number of rotatable bonds is 6. The first-order chi connectivity index (χ1) is 10.0. The van der Waals surface area contributed by atoms with Crippen molar-refractivity contribution < 1.29 is 19.4 Å². The second-order valence-electron chi connectivity index (χ2n) is 8.11. The van der Waals surface area contributed by atoms with Crippen molar-refractivity contribution in [3.63, 3.8) is 0 Å². The molecule has 0 spiro atoms. The maximum atomic E-state index is 11.8. The first kappa shape index (κ1) is 19.2. The van der Waals surface area contributed by atoms with Gasteiger partial charge in [-0.15, -0.1) is 0 Å². The summed E-state index contributed by atoms with van der Waals surface area (Å²) in [7, 11) is 0. The second-order valence-corrected chi connectivity index (χ2v) is 8.11. The van der Waals surface area contributed by atoms with Gasteiger partial charge in [0, 0.05) is 12.0 Å². The Bertz CT molecular complexity index is 369. The second kappa shape index (κ2) is 7.18. The highest BCUT2D eigenvalue weighted by molar-refractivity contribution is 5.67. The van der Waals surface area contributed by atoms with E-state index in [0.717, 1.165) is 25.7 Å². The third-order valence-electron chi connectivity index (χ3n) is 4.31. The van der Waals surface area contributed by atoms with Crippen LogP contribution in [0.5, 0.6) is 0 Å². The Morgan fingerprint density at radius 2 is 2.05 bits per heavy atom. The number of amides is 1. The average Bonchev–Trinajstić information content (AvgIpc) is 2.72. The summed E-state index contributed by atoms with van der Waals surface area (Å²) in [6, 6.07) is 0. The van der Waals surface area contributed by atoms with Crippen molar-refractivity contribution in [2.75, 3.05) is 13.2 Å². The van der Waals surface area contributed by atoms with Crippen LogP contribution in [0.15, 0.2) is 0 Å². The third-order valence-corrected chi connectivity index (χ3v) is 4.31. The summed E-state index contributed by atoms with van der Waals surface area (Å²) in [5, 5.41) is 12.7. The molecule has 5 nitrogen and oxygen atoms in total. The van der Waals surface area contributed by atoms with Gasteiger partial charge >= 0.3 is 6.09 Å². The maximum Gasteiger partial charge on any atom is 0.407 e. The van der Waals surface area contributed by atoms with Crippen LogP contribution in [0.1, 0.15) is 67.2 Å². The highest BCUT2D eigenvalue weighted by Crippen LogP contribution is 2.37.